The molecule has 18 heavy (non-hydrogen) atoms. The molecule has 92 valence electrons. The fourth-order valence-corrected chi connectivity index (χ4v) is 1.42. The van der Waals surface area contributed by atoms with Crippen molar-refractivity contribution in [1.29, 1.82) is 0 Å². The number of nitrogens with one attached hydrogen (secondary N) is 1. The summed E-state index contributed by atoms with van der Waals surface area (Å²) in [4.78, 5) is 15.5. The van der Waals surface area contributed by atoms with E-state index in [0.717, 1.165) is 6.07 Å². The minimum absolute atomic E-state index is 0.202. The monoisotopic (exact) mass is 268 g/mol. The van der Waals surface area contributed by atoms with Crippen molar-refractivity contribution in [2.45, 2.75) is 0 Å². The van der Waals surface area contributed by atoms with Crippen LogP contribution in [0.25, 0.3) is 0 Å². The Bertz CT molecular complexity index is 587. The first kappa shape index (κ1) is 12.4. The second-order valence-electron chi connectivity index (χ2n) is 3.42. The Morgan fingerprint density at radius 1 is 1.22 bits per heavy atom. The third-order valence-electron chi connectivity index (χ3n) is 2.17. The van der Waals surface area contributed by atoms with E-state index in [2.05, 4.69) is 10.3 Å². The Balaban J connectivity index is 2.22. The number of amides is 1. The van der Waals surface area contributed by atoms with Gasteiger partial charge in [-0.15, -0.1) is 0 Å². The van der Waals surface area contributed by atoms with E-state index < -0.39 is 17.5 Å². The second-order valence-corrected chi connectivity index (χ2v) is 3.85. The van der Waals surface area contributed by atoms with Crippen LogP contribution in [0.15, 0.2) is 36.5 Å². The highest BCUT2D eigenvalue weighted by molar-refractivity contribution is 6.30. The molecule has 3 nitrogen and oxygen atoms in total. The number of hydrogen-bond acceptors (Lipinski definition) is 2. The Labute approximate surface area is 106 Å². The van der Waals surface area contributed by atoms with Gasteiger partial charge in [-0.3, -0.25) is 4.79 Å². The van der Waals surface area contributed by atoms with E-state index >= 15 is 0 Å². The van der Waals surface area contributed by atoms with Crippen LogP contribution >= 0.6 is 11.6 Å². The zero-order valence-electron chi connectivity index (χ0n) is 8.95. The molecule has 0 radical (unpaired) electrons. The molecule has 6 heteroatoms. The molecule has 0 saturated carbocycles. The molecule has 1 aromatic heterocycles. The summed E-state index contributed by atoms with van der Waals surface area (Å²) >= 11 is 5.63. The number of rotatable bonds is 2. The van der Waals surface area contributed by atoms with Crippen molar-refractivity contribution >= 4 is 23.3 Å². The van der Waals surface area contributed by atoms with Crippen molar-refractivity contribution in [3.63, 3.8) is 0 Å². The quantitative estimate of drug-likeness (QED) is 0.908. The average molecular weight is 269 g/mol. The van der Waals surface area contributed by atoms with Crippen LogP contribution in [0.1, 0.15) is 10.4 Å². The van der Waals surface area contributed by atoms with Gasteiger partial charge in [0.15, 0.2) is 11.6 Å². The normalized spacial score (nSPS) is 10.2. The van der Waals surface area contributed by atoms with Crippen LogP contribution in [0.2, 0.25) is 5.02 Å². The molecule has 0 atom stereocenters. The predicted molar refractivity (Wildman–Crippen MR) is 63.6 cm³/mol. The largest absolute Gasteiger partial charge is 0.306 e. The molecule has 0 unspecified atom stereocenters. The first-order chi connectivity index (χ1) is 8.58. The molecule has 2 rings (SSSR count). The van der Waals surface area contributed by atoms with Crippen molar-refractivity contribution in [2.75, 3.05) is 5.32 Å². The van der Waals surface area contributed by atoms with Crippen LogP contribution in [0, 0.1) is 11.6 Å². The minimum atomic E-state index is -1.19. The Morgan fingerprint density at radius 2 is 2.00 bits per heavy atom. The summed E-state index contributed by atoms with van der Waals surface area (Å²) in [6, 6.07) is 6.35. The molecule has 1 aromatic carbocycles. The molecule has 0 aliphatic heterocycles. The number of anilines is 1. The van der Waals surface area contributed by atoms with Gasteiger partial charge in [0.25, 0.3) is 5.91 Å². The molecule has 0 spiro atoms. The lowest BCUT2D eigenvalue weighted by Crippen LogP contribution is -2.15. The van der Waals surface area contributed by atoms with Gasteiger partial charge in [0.05, 0.1) is 10.6 Å². The highest BCUT2D eigenvalue weighted by Gasteiger charge is 2.15. The Kier molecular flexibility index (Phi) is 3.53. The van der Waals surface area contributed by atoms with Gasteiger partial charge >= 0.3 is 0 Å². The zero-order chi connectivity index (χ0) is 13.1. The maximum atomic E-state index is 13.3. The molecule has 2 aromatic rings. The maximum absolute atomic E-state index is 13.3. The molecular weight excluding hydrogens is 262 g/mol. The third kappa shape index (κ3) is 2.62. The van der Waals surface area contributed by atoms with E-state index in [-0.39, 0.29) is 11.4 Å². The molecule has 1 heterocycles. The zero-order valence-corrected chi connectivity index (χ0v) is 9.71. The van der Waals surface area contributed by atoms with Crippen molar-refractivity contribution < 1.29 is 13.6 Å². The number of carbonyl (C=O) groups excluding carboxylic acids is 1. The van der Waals surface area contributed by atoms with E-state index in [1.807, 2.05) is 0 Å². The number of benzene rings is 1. The lowest BCUT2D eigenvalue weighted by Gasteiger charge is -2.05. The summed E-state index contributed by atoms with van der Waals surface area (Å²) in [5.41, 5.74) is -0.383. The fourth-order valence-electron chi connectivity index (χ4n) is 1.31. The number of pyridine rings is 1. The molecule has 0 bridgehead atoms. The van der Waals surface area contributed by atoms with Crippen LogP contribution in [0.4, 0.5) is 14.6 Å². The summed E-state index contributed by atoms with van der Waals surface area (Å²) in [5.74, 6) is -2.84. The van der Waals surface area contributed by atoms with Crippen molar-refractivity contribution in [3.05, 3.63) is 58.7 Å². The first-order valence-corrected chi connectivity index (χ1v) is 5.32. The van der Waals surface area contributed by atoms with Crippen LogP contribution in [-0.4, -0.2) is 10.9 Å². The highest BCUT2D eigenvalue weighted by atomic mass is 35.5. The molecular formula is C12H7ClF2N2O. The minimum Gasteiger partial charge on any atom is -0.306 e. The van der Waals surface area contributed by atoms with E-state index in [0.29, 0.717) is 5.02 Å². The Morgan fingerprint density at radius 3 is 2.67 bits per heavy atom. The third-order valence-corrected chi connectivity index (χ3v) is 2.39. The fraction of sp³-hybridized carbons (Fsp3) is 0. The molecule has 0 saturated heterocycles. The van der Waals surface area contributed by atoms with Gasteiger partial charge in [0.2, 0.25) is 0 Å². The van der Waals surface area contributed by atoms with E-state index in [1.54, 1.807) is 0 Å². The summed E-state index contributed by atoms with van der Waals surface area (Å²) in [6.45, 7) is 0. The van der Waals surface area contributed by atoms with Gasteiger partial charge in [-0.1, -0.05) is 17.7 Å². The number of nitrogens with zero attached hydrogens (tertiary/aromatic N) is 1. The van der Waals surface area contributed by atoms with Crippen molar-refractivity contribution in [2.24, 2.45) is 0 Å². The topological polar surface area (TPSA) is 42.0 Å². The number of halogens is 3. The summed E-state index contributed by atoms with van der Waals surface area (Å²) in [5, 5.41) is 2.75. The standard InChI is InChI=1S/C12H7ClF2N2O/c13-7-4-5-10(16-6-7)17-12(18)8-2-1-3-9(14)11(8)15/h1-6H,(H,16,17,18). The van der Waals surface area contributed by atoms with Crippen LogP contribution in [-0.2, 0) is 0 Å². The Hall–Kier alpha value is -2.01. The highest BCUT2D eigenvalue weighted by Crippen LogP contribution is 2.14. The van der Waals surface area contributed by atoms with Gasteiger partial charge in [0, 0.05) is 6.20 Å². The van der Waals surface area contributed by atoms with E-state index in [9.17, 15) is 13.6 Å². The van der Waals surface area contributed by atoms with Crippen LogP contribution < -0.4 is 5.32 Å². The van der Waals surface area contributed by atoms with Gasteiger partial charge in [0.1, 0.15) is 5.82 Å². The molecule has 0 fully saturated rings. The van der Waals surface area contributed by atoms with Gasteiger partial charge in [-0.2, -0.15) is 0 Å². The number of carbonyl (C=O) groups is 1. The summed E-state index contributed by atoms with van der Waals surface area (Å²) in [7, 11) is 0. The van der Waals surface area contributed by atoms with Crippen molar-refractivity contribution in [3.8, 4) is 0 Å². The SMILES string of the molecule is O=C(Nc1ccc(Cl)cn1)c1cccc(F)c1F. The lowest BCUT2D eigenvalue weighted by molar-refractivity contribution is 0.102. The van der Waals surface area contributed by atoms with E-state index in [1.165, 1.54) is 30.5 Å². The van der Waals surface area contributed by atoms with Gasteiger partial charge in [-0.05, 0) is 24.3 Å². The van der Waals surface area contributed by atoms with E-state index in [4.69, 9.17) is 11.6 Å². The summed E-state index contributed by atoms with van der Waals surface area (Å²) in [6.07, 6.45) is 1.33. The number of hydrogen-bond donors (Lipinski definition) is 1. The van der Waals surface area contributed by atoms with Gasteiger partial charge < -0.3 is 5.32 Å². The molecule has 0 aliphatic rings. The van der Waals surface area contributed by atoms with Crippen LogP contribution in [0.5, 0.6) is 0 Å². The average Bonchev–Trinajstić information content (AvgIpc) is 2.35. The summed E-state index contributed by atoms with van der Waals surface area (Å²) < 4.78 is 26.3. The molecule has 1 amide bonds. The maximum Gasteiger partial charge on any atom is 0.259 e. The van der Waals surface area contributed by atoms with Gasteiger partial charge in [-0.25, -0.2) is 13.8 Å². The lowest BCUT2D eigenvalue weighted by atomic mass is 10.2. The molecule has 1 N–H and O–H groups in total. The smallest absolute Gasteiger partial charge is 0.259 e. The van der Waals surface area contributed by atoms with Crippen LogP contribution in [0.3, 0.4) is 0 Å². The second kappa shape index (κ2) is 5.10. The predicted octanol–water partition coefficient (Wildman–Crippen LogP) is 3.27. The van der Waals surface area contributed by atoms with Crippen molar-refractivity contribution in [1.82, 2.24) is 4.98 Å². The molecule has 0 aliphatic carbocycles. The first-order valence-electron chi connectivity index (χ1n) is 4.95. The number of aromatic nitrogens is 1.